The van der Waals surface area contributed by atoms with Gasteiger partial charge in [-0.15, -0.1) is 0 Å². The molecule has 3 aliphatic rings. The van der Waals surface area contributed by atoms with Crippen molar-refractivity contribution in [2.45, 2.75) is 32.1 Å². The molecule has 2 heterocycles. The monoisotopic (exact) mass is 322 g/mol. The molecular formula is C16H26N4O3. The maximum Gasteiger partial charge on any atom is 0.325 e. The second-order valence-electron chi connectivity index (χ2n) is 6.82. The van der Waals surface area contributed by atoms with E-state index in [1.54, 1.807) is 4.90 Å². The number of carbonyl (C=O) groups excluding carboxylic acids is 3. The molecule has 1 saturated carbocycles. The SMILES string of the molecule is O=C(CN1C(=O)CNC1=O)N1CCN(CC2CCCCC2)CC1. The Morgan fingerprint density at radius 2 is 1.74 bits per heavy atom. The van der Waals surface area contributed by atoms with E-state index in [9.17, 15) is 14.4 Å². The van der Waals surface area contributed by atoms with Crippen molar-refractivity contribution >= 4 is 17.8 Å². The summed E-state index contributed by atoms with van der Waals surface area (Å²) >= 11 is 0. The van der Waals surface area contributed by atoms with E-state index >= 15 is 0 Å². The average molecular weight is 322 g/mol. The zero-order valence-corrected chi connectivity index (χ0v) is 13.6. The highest BCUT2D eigenvalue weighted by Gasteiger charge is 2.32. The summed E-state index contributed by atoms with van der Waals surface area (Å²) in [7, 11) is 0. The number of hydrogen-bond acceptors (Lipinski definition) is 4. The number of imide groups is 1. The van der Waals surface area contributed by atoms with Gasteiger partial charge in [-0.05, 0) is 18.8 Å². The van der Waals surface area contributed by atoms with E-state index in [0.29, 0.717) is 13.1 Å². The molecule has 0 spiro atoms. The van der Waals surface area contributed by atoms with Crippen LogP contribution in [-0.4, -0.2) is 78.4 Å². The first-order chi connectivity index (χ1) is 11.1. The lowest BCUT2D eigenvalue weighted by Gasteiger charge is -2.37. The molecule has 1 N–H and O–H groups in total. The van der Waals surface area contributed by atoms with Gasteiger partial charge in [0.1, 0.15) is 6.54 Å². The van der Waals surface area contributed by atoms with E-state index in [2.05, 4.69) is 10.2 Å². The Bertz CT molecular complexity index is 452. The van der Waals surface area contributed by atoms with E-state index in [0.717, 1.165) is 30.5 Å². The fraction of sp³-hybridized carbons (Fsp3) is 0.812. The highest BCUT2D eigenvalue weighted by atomic mass is 16.2. The molecule has 2 aliphatic heterocycles. The average Bonchev–Trinajstić information content (AvgIpc) is 2.88. The molecule has 2 saturated heterocycles. The molecule has 0 unspecified atom stereocenters. The summed E-state index contributed by atoms with van der Waals surface area (Å²) in [5, 5.41) is 2.44. The Kier molecular flexibility index (Phi) is 5.15. The van der Waals surface area contributed by atoms with Gasteiger partial charge >= 0.3 is 6.03 Å². The van der Waals surface area contributed by atoms with E-state index in [-0.39, 0.29) is 24.9 Å². The molecule has 0 radical (unpaired) electrons. The Morgan fingerprint density at radius 3 is 2.35 bits per heavy atom. The summed E-state index contributed by atoms with van der Waals surface area (Å²) in [4.78, 5) is 40.5. The topological polar surface area (TPSA) is 73.0 Å². The molecule has 0 aromatic rings. The lowest BCUT2D eigenvalue weighted by Crippen LogP contribution is -2.52. The van der Waals surface area contributed by atoms with Gasteiger partial charge in [-0.25, -0.2) is 4.79 Å². The number of rotatable bonds is 4. The molecule has 3 rings (SSSR count). The van der Waals surface area contributed by atoms with E-state index in [1.165, 1.54) is 32.1 Å². The van der Waals surface area contributed by atoms with Gasteiger partial charge in [-0.2, -0.15) is 0 Å². The van der Waals surface area contributed by atoms with Crippen LogP contribution < -0.4 is 5.32 Å². The number of amides is 4. The number of nitrogens with one attached hydrogen (secondary N) is 1. The van der Waals surface area contributed by atoms with E-state index in [4.69, 9.17) is 0 Å². The largest absolute Gasteiger partial charge is 0.339 e. The van der Waals surface area contributed by atoms with E-state index < -0.39 is 6.03 Å². The Hall–Kier alpha value is -1.63. The maximum absolute atomic E-state index is 12.3. The van der Waals surface area contributed by atoms with Gasteiger partial charge in [-0.3, -0.25) is 19.4 Å². The molecular weight excluding hydrogens is 296 g/mol. The molecule has 4 amide bonds. The van der Waals surface area contributed by atoms with Crippen molar-refractivity contribution in [1.29, 1.82) is 0 Å². The first-order valence-corrected chi connectivity index (χ1v) is 8.72. The molecule has 7 heteroatoms. The highest BCUT2D eigenvalue weighted by molar-refractivity contribution is 6.04. The van der Waals surface area contributed by atoms with Gasteiger partial charge in [0, 0.05) is 32.7 Å². The summed E-state index contributed by atoms with van der Waals surface area (Å²) in [6, 6.07) is -0.459. The van der Waals surface area contributed by atoms with Crippen LogP contribution in [0.15, 0.2) is 0 Å². The van der Waals surface area contributed by atoms with Gasteiger partial charge in [-0.1, -0.05) is 19.3 Å². The summed E-state index contributed by atoms with van der Waals surface area (Å²) in [5.74, 6) is 0.365. The second kappa shape index (κ2) is 7.29. The van der Waals surface area contributed by atoms with Gasteiger partial charge in [0.2, 0.25) is 5.91 Å². The lowest BCUT2D eigenvalue weighted by molar-refractivity contribution is -0.137. The van der Waals surface area contributed by atoms with Gasteiger partial charge in [0.25, 0.3) is 5.91 Å². The van der Waals surface area contributed by atoms with Crippen LogP contribution in [0.25, 0.3) is 0 Å². The molecule has 0 aromatic heterocycles. The molecule has 7 nitrogen and oxygen atoms in total. The Morgan fingerprint density at radius 1 is 1.04 bits per heavy atom. The van der Waals surface area contributed by atoms with Crippen molar-refractivity contribution in [3.05, 3.63) is 0 Å². The third kappa shape index (κ3) is 4.02. The van der Waals surface area contributed by atoms with Gasteiger partial charge < -0.3 is 10.2 Å². The maximum atomic E-state index is 12.3. The zero-order valence-electron chi connectivity index (χ0n) is 13.6. The van der Waals surface area contributed by atoms with Crippen LogP contribution >= 0.6 is 0 Å². The normalized spacial score (nSPS) is 24.2. The summed E-state index contributed by atoms with van der Waals surface area (Å²) in [6.45, 7) is 4.18. The number of urea groups is 1. The smallest absolute Gasteiger partial charge is 0.325 e. The molecule has 0 aromatic carbocycles. The van der Waals surface area contributed by atoms with Crippen molar-refractivity contribution < 1.29 is 14.4 Å². The lowest BCUT2D eigenvalue weighted by atomic mass is 9.89. The van der Waals surface area contributed by atoms with Crippen LogP contribution in [0.2, 0.25) is 0 Å². The van der Waals surface area contributed by atoms with Crippen LogP contribution in [0, 0.1) is 5.92 Å². The molecule has 3 fully saturated rings. The van der Waals surface area contributed by atoms with Crippen molar-refractivity contribution in [2.24, 2.45) is 5.92 Å². The number of hydrogen-bond donors (Lipinski definition) is 1. The molecule has 23 heavy (non-hydrogen) atoms. The first kappa shape index (κ1) is 16.2. The van der Waals surface area contributed by atoms with Crippen LogP contribution in [0.5, 0.6) is 0 Å². The molecule has 128 valence electrons. The predicted molar refractivity (Wildman–Crippen MR) is 84.7 cm³/mol. The van der Waals surface area contributed by atoms with Crippen LogP contribution in [-0.2, 0) is 9.59 Å². The fourth-order valence-electron chi connectivity index (χ4n) is 3.77. The minimum Gasteiger partial charge on any atom is -0.339 e. The first-order valence-electron chi connectivity index (χ1n) is 8.72. The fourth-order valence-corrected chi connectivity index (χ4v) is 3.77. The second-order valence-corrected chi connectivity index (χ2v) is 6.82. The summed E-state index contributed by atoms with van der Waals surface area (Å²) in [6.07, 6.45) is 6.77. The standard InChI is InChI=1S/C16H26N4O3/c21-14-10-17-16(23)20(14)12-15(22)19-8-6-18(7-9-19)11-13-4-2-1-3-5-13/h13H,1-12H2,(H,17,23). The highest BCUT2D eigenvalue weighted by Crippen LogP contribution is 2.24. The van der Waals surface area contributed by atoms with E-state index in [1.807, 2.05) is 0 Å². The number of piperazine rings is 1. The third-order valence-electron chi connectivity index (χ3n) is 5.20. The zero-order chi connectivity index (χ0) is 16.2. The predicted octanol–water partition coefficient (Wildman–Crippen LogP) is 0.263. The molecule has 1 aliphatic carbocycles. The quantitative estimate of drug-likeness (QED) is 0.754. The minimum absolute atomic E-state index is 0.00127. The van der Waals surface area contributed by atoms with Crippen molar-refractivity contribution in [3.63, 3.8) is 0 Å². The number of carbonyl (C=O) groups is 3. The van der Waals surface area contributed by atoms with Crippen LogP contribution in [0.4, 0.5) is 4.79 Å². The van der Waals surface area contributed by atoms with Gasteiger partial charge in [0.15, 0.2) is 0 Å². The minimum atomic E-state index is -0.459. The van der Waals surface area contributed by atoms with Gasteiger partial charge in [0.05, 0.1) is 6.54 Å². The van der Waals surface area contributed by atoms with Crippen LogP contribution in [0.1, 0.15) is 32.1 Å². The van der Waals surface area contributed by atoms with Crippen molar-refractivity contribution in [2.75, 3.05) is 45.8 Å². The molecule has 0 bridgehead atoms. The van der Waals surface area contributed by atoms with Crippen molar-refractivity contribution in [3.8, 4) is 0 Å². The third-order valence-corrected chi connectivity index (χ3v) is 5.20. The Labute approximate surface area is 137 Å². The summed E-state index contributed by atoms with van der Waals surface area (Å²) in [5.41, 5.74) is 0. The number of nitrogens with zero attached hydrogens (tertiary/aromatic N) is 3. The Balaban J connectivity index is 1.42. The summed E-state index contributed by atoms with van der Waals surface area (Å²) < 4.78 is 0. The van der Waals surface area contributed by atoms with Crippen molar-refractivity contribution in [1.82, 2.24) is 20.0 Å². The van der Waals surface area contributed by atoms with Crippen LogP contribution in [0.3, 0.4) is 0 Å². The molecule has 0 atom stereocenters.